The van der Waals surface area contributed by atoms with Crippen molar-refractivity contribution in [1.29, 1.82) is 0 Å². The van der Waals surface area contributed by atoms with Gasteiger partial charge < -0.3 is 4.52 Å². The predicted octanol–water partition coefficient (Wildman–Crippen LogP) is 1.85. The van der Waals surface area contributed by atoms with Crippen LogP contribution in [-0.2, 0) is 17.6 Å². The molecule has 0 N–H and O–H groups in total. The Morgan fingerprint density at radius 1 is 1.60 bits per heavy atom. The van der Waals surface area contributed by atoms with Crippen molar-refractivity contribution < 1.29 is 9.32 Å². The van der Waals surface area contributed by atoms with Crippen LogP contribution in [0.1, 0.15) is 23.5 Å². The summed E-state index contributed by atoms with van der Waals surface area (Å²) in [4.78, 5) is 16.1. The van der Waals surface area contributed by atoms with Crippen molar-refractivity contribution in [3.8, 4) is 0 Å². The van der Waals surface area contributed by atoms with Gasteiger partial charge in [0.1, 0.15) is 5.78 Å². The van der Waals surface area contributed by atoms with Crippen LogP contribution in [0.25, 0.3) is 0 Å². The lowest BCUT2D eigenvalue weighted by Gasteiger charge is -1.87. The smallest absolute Gasteiger partial charge is 0.234 e. The standard InChI is InChI=1S/C10H10N2O2S/c1-7(13)5-10-11-9(12-14-10)6-8-3-2-4-15-8/h2-4H,5-6H2,1H3. The summed E-state index contributed by atoms with van der Waals surface area (Å²) in [7, 11) is 0. The second-order valence-electron chi connectivity index (χ2n) is 3.24. The molecule has 2 aromatic rings. The normalized spacial score (nSPS) is 10.5. The first-order chi connectivity index (χ1) is 7.24. The Morgan fingerprint density at radius 3 is 3.13 bits per heavy atom. The van der Waals surface area contributed by atoms with Crippen LogP contribution >= 0.6 is 11.3 Å². The Morgan fingerprint density at radius 2 is 2.47 bits per heavy atom. The minimum absolute atomic E-state index is 0.0290. The summed E-state index contributed by atoms with van der Waals surface area (Å²) in [5.41, 5.74) is 0. The summed E-state index contributed by atoms with van der Waals surface area (Å²) in [6, 6.07) is 4.00. The minimum atomic E-state index is 0.0290. The van der Waals surface area contributed by atoms with E-state index in [1.807, 2.05) is 17.5 Å². The number of carbonyl (C=O) groups is 1. The fourth-order valence-electron chi connectivity index (χ4n) is 1.22. The number of nitrogens with zero attached hydrogens (tertiary/aromatic N) is 2. The van der Waals surface area contributed by atoms with E-state index in [1.165, 1.54) is 11.8 Å². The highest BCUT2D eigenvalue weighted by Gasteiger charge is 2.09. The zero-order valence-electron chi connectivity index (χ0n) is 8.27. The van der Waals surface area contributed by atoms with Crippen molar-refractivity contribution in [2.75, 3.05) is 0 Å². The molecular weight excluding hydrogens is 212 g/mol. The largest absolute Gasteiger partial charge is 0.339 e. The Kier molecular flexibility index (Phi) is 2.91. The van der Waals surface area contributed by atoms with E-state index in [1.54, 1.807) is 11.3 Å². The number of rotatable bonds is 4. The summed E-state index contributed by atoms with van der Waals surface area (Å²) in [5, 5.41) is 5.82. The fraction of sp³-hybridized carbons (Fsp3) is 0.300. The first-order valence-corrected chi connectivity index (χ1v) is 5.45. The molecule has 0 aliphatic carbocycles. The number of carbonyl (C=O) groups excluding carboxylic acids is 1. The number of thiophene rings is 1. The van der Waals surface area contributed by atoms with E-state index in [0.717, 1.165) is 0 Å². The highest BCUT2D eigenvalue weighted by molar-refractivity contribution is 7.09. The molecule has 2 heterocycles. The second kappa shape index (κ2) is 4.35. The molecule has 78 valence electrons. The summed E-state index contributed by atoms with van der Waals surface area (Å²) < 4.78 is 4.95. The van der Waals surface area contributed by atoms with Crippen molar-refractivity contribution in [1.82, 2.24) is 10.1 Å². The Bertz CT molecular complexity index is 448. The summed E-state index contributed by atoms with van der Waals surface area (Å²) in [6.07, 6.45) is 0.885. The number of ketones is 1. The van der Waals surface area contributed by atoms with Crippen molar-refractivity contribution >= 4 is 17.1 Å². The SMILES string of the molecule is CC(=O)Cc1nc(Cc2cccs2)no1. The molecule has 15 heavy (non-hydrogen) atoms. The van der Waals surface area contributed by atoms with Gasteiger partial charge in [0.2, 0.25) is 5.89 Å². The Labute approximate surface area is 90.9 Å². The monoisotopic (exact) mass is 222 g/mol. The number of hydrogen-bond donors (Lipinski definition) is 0. The van der Waals surface area contributed by atoms with Gasteiger partial charge in [0.25, 0.3) is 0 Å². The lowest BCUT2D eigenvalue weighted by Crippen LogP contribution is -1.96. The third-order valence-electron chi connectivity index (χ3n) is 1.82. The van der Waals surface area contributed by atoms with Gasteiger partial charge in [-0.15, -0.1) is 11.3 Å². The molecule has 5 heteroatoms. The van der Waals surface area contributed by atoms with Gasteiger partial charge in [0, 0.05) is 11.3 Å². The highest BCUT2D eigenvalue weighted by Crippen LogP contribution is 2.12. The third kappa shape index (κ3) is 2.73. The van der Waals surface area contributed by atoms with E-state index >= 15 is 0 Å². The number of Topliss-reactive ketones (excluding diaryl/α,β-unsaturated/α-hetero) is 1. The molecule has 0 atom stereocenters. The van der Waals surface area contributed by atoms with Crippen molar-refractivity contribution in [3.05, 3.63) is 34.1 Å². The molecule has 0 unspecified atom stereocenters. The topological polar surface area (TPSA) is 56.0 Å². The number of hydrogen-bond acceptors (Lipinski definition) is 5. The molecule has 0 spiro atoms. The van der Waals surface area contributed by atoms with Crippen molar-refractivity contribution in [3.63, 3.8) is 0 Å². The molecule has 0 bridgehead atoms. The van der Waals surface area contributed by atoms with Gasteiger partial charge in [0.15, 0.2) is 5.82 Å². The molecule has 0 aliphatic rings. The van der Waals surface area contributed by atoms with Crippen LogP contribution in [0.4, 0.5) is 0 Å². The summed E-state index contributed by atoms with van der Waals surface area (Å²) >= 11 is 1.65. The molecule has 2 aromatic heterocycles. The molecule has 0 saturated heterocycles. The lowest BCUT2D eigenvalue weighted by molar-refractivity contribution is -0.116. The minimum Gasteiger partial charge on any atom is -0.339 e. The average Bonchev–Trinajstić information content (AvgIpc) is 2.77. The van der Waals surface area contributed by atoms with E-state index in [9.17, 15) is 4.79 Å². The number of aromatic nitrogens is 2. The van der Waals surface area contributed by atoms with Gasteiger partial charge in [-0.2, -0.15) is 4.98 Å². The van der Waals surface area contributed by atoms with Gasteiger partial charge in [-0.25, -0.2) is 0 Å². The van der Waals surface area contributed by atoms with Crippen LogP contribution in [0.2, 0.25) is 0 Å². The van der Waals surface area contributed by atoms with Crippen molar-refractivity contribution in [2.24, 2.45) is 0 Å². The maximum absolute atomic E-state index is 10.8. The van der Waals surface area contributed by atoms with Gasteiger partial charge >= 0.3 is 0 Å². The lowest BCUT2D eigenvalue weighted by atomic mass is 10.3. The molecule has 0 aromatic carbocycles. The van der Waals surface area contributed by atoms with Gasteiger partial charge in [-0.05, 0) is 18.4 Å². The van der Waals surface area contributed by atoms with Gasteiger partial charge in [0.05, 0.1) is 6.42 Å². The predicted molar refractivity (Wildman–Crippen MR) is 55.8 cm³/mol. The Hall–Kier alpha value is -1.49. The molecule has 0 saturated carbocycles. The van der Waals surface area contributed by atoms with Crippen LogP contribution in [0, 0.1) is 0 Å². The summed E-state index contributed by atoms with van der Waals surface area (Å²) in [6.45, 7) is 1.50. The summed E-state index contributed by atoms with van der Waals surface area (Å²) in [5.74, 6) is 1.06. The molecule has 0 amide bonds. The van der Waals surface area contributed by atoms with E-state index in [2.05, 4.69) is 10.1 Å². The van der Waals surface area contributed by atoms with Crippen LogP contribution in [-0.4, -0.2) is 15.9 Å². The van der Waals surface area contributed by atoms with Crippen LogP contribution in [0.15, 0.2) is 22.0 Å². The zero-order chi connectivity index (χ0) is 10.7. The molecule has 2 rings (SSSR count). The molecule has 0 fully saturated rings. The molecule has 0 aliphatic heterocycles. The molecule has 4 nitrogen and oxygen atoms in total. The molecule has 0 radical (unpaired) electrons. The van der Waals surface area contributed by atoms with Crippen LogP contribution < -0.4 is 0 Å². The van der Waals surface area contributed by atoms with Gasteiger partial charge in [-0.1, -0.05) is 11.2 Å². The first kappa shape index (κ1) is 10.0. The van der Waals surface area contributed by atoms with E-state index in [-0.39, 0.29) is 12.2 Å². The van der Waals surface area contributed by atoms with Crippen LogP contribution in [0.3, 0.4) is 0 Å². The Balaban J connectivity index is 2.04. The maximum atomic E-state index is 10.8. The van der Waals surface area contributed by atoms with Crippen molar-refractivity contribution in [2.45, 2.75) is 19.8 Å². The maximum Gasteiger partial charge on any atom is 0.234 e. The van der Waals surface area contributed by atoms with E-state index in [4.69, 9.17) is 4.52 Å². The fourth-order valence-corrected chi connectivity index (χ4v) is 1.92. The second-order valence-corrected chi connectivity index (χ2v) is 4.27. The highest BCUT2D eigenvalue weighted by atomic mass is 32.1. The van der Waals surface area contributed by atoms with Gasteiger partial charge in [-0.3, -0.25) is 4.79 Å². The van der Waals surface area contributed by atoms with E-state index < -0.39 is 0 Å². The molecular formula is C10H10N2O2S. The zero-order valence-corrected chi connectivity index (χ0v) is 9.08. The average molecular weight is 222 g/mol. The van der Waals surface area contributed by atoms with E-state index in [0.29, 0.717) is 18.1 Å². The van der Waals surface area contributed by atoms with Crippen LogP contribution in [0.5, 0.6) is 0 Å². The quantitative estimate of drug-likeness (QED) is 0.792. The third-order valence-corrected chi connectivity index (χ3v) is 2.70. The first-order valence-electron chi connectivity index (χ1n) is 4.57.